The van der Waals surface area contributed by atoms with Gasteiger partial charge in [-0.05, 0) is 54.0 Å². The maximum absolute atomic E-state index is 11.0. The Morgan fingerprint density at radius 1 is 1.19 bits per heavy atom. The largest absolute Gasteiger partial charge is 0.478 e. The fourth-order valence-corrected chi connectivity index (χ4v) is 4.94. The second-order valence-corrected chi connectivity index (χ2v) is 9.07. The summed E-state index contributed by atoms with van der Waals surface area (Å²) < 4.78 is 5.16. The van der Waals surface area contributed by atoms with E-state index in [-0.39, 0.29) is 22.8 Å². The smallest absolute Gasteiger partial charge is 0.335 e. The third-order valence-electron chi connectivity index (χ3n) is 6.14. The average molecular weight is 459 g/mol. The van der Waals surface area contributed by atoms with Crippen molar-refractivity contribution in [3.8, 4) is 0 Å². The van der Waals surface area contributed by atoms with Crippen LogP contribution >= 0.6 is 11.6 Å². The number of benzene rings is 2. The standard InChI is InChI=1S/C26H31ClO5/c1-32-16-19-4-2-3-18(13-19)14-21(28)10-12-23-22(24(27)15-25(23)29)11-7-17-5-8-20(9-6-17)26(30)31/h2-6,8-10,12-13,21-25,28-29H,7,11,14-16H2,1H3,(H,30,31)/t21-,22-,23-,24-,25-/m1/s1. The second-order valence-electron chi connectivity index (χ2n) is 8.51. The molecule has 1 aliphatic rings. The third kappa shape index (κ3) is 6.66. The maximum Gasteiger partial charge on any atom is 0.335 e. The molecule has 0 unspecified atom stereocenters. The molecule has 5 atom stereocenters. The number of rotatable bonds is 10. The molecule has 6 heteroatoms. The number of aryl methyl sites for hydroxylation is 1. The van der Waals surface area contributed by atoms with Crippen LogP contribution in [0.2, 0.25) is 0 Å². The number of carboxylic acids is 1. The molecular weight excluding hydrogens is 428 g/mol. The number of halogens is 1. The maximum atomic E-state index is 11.0. The van der Waals surface area contributed by atoms with Gasteiger partial charge in [0, 0.05) is 24.8 Å². The van der Waals surface area contributed by atoms with Gasteiger partial charge in [0.05, 0.1) is 24.4 Å². The number of methoxy groups -OCH3 is 1. The lowest BCUT2D eigenvalue weighted by Gasteiger charge is -2.21. The molecule has 0 heterocycles. The normalized spacial score (nSPS) is 24.1. The van der Waals surface area contributed by atoms with E-state index in [1.54, 1.807) is 25.3 Å². The van der Waals surface area contributed by atoms with Crippen LogP contribution in [-0.2, 0) is 24.2 Å². The van der Waals surface area contributed by atoms with Gasteiger partial charge >= 0.3 is 5.97 Å². The molecule has 0 aliphatic heterocycles. The zero-order valence-corrected chi connectivity index (χ0v) is 19.0. The van der Waals surface area contributed by atoms with Gasteiger partial charge in [-0.3, -0.25) is 0 Å². The Hall–Kier alpha value is -2.18. The lowest BCUT2D eigenvalue weighted by Crippen LogP contribution is -2.20. The van der Waals surface area contributed by atoms with Crippen LogP contribution in [0.25, 0.3) is 0 Å². The minimum Gasteiger partial charge on any atom is -0.478 e. The van der Waals surface area contributed by atoms with Crippen molar-refractivity contribution >= 4 is 17.6 Å². The summed E-state index contributed by atoms with van der Waals surface area (Å²) in [4.78, 5) is 11.0. The van der Waals surface area contributed by atoms with Crippen molar-refractivity contribution in [3.63, 3.8) is 0 Å². The van der Waals surface area contributed by atoms with Crippen molar-refractivity contribution in [1.82, 2.24) is 0 Å². The van der Waals surface area contributed by atoms with E-state index >= 15 is 0 Å². The van der Waals surface area contributed by atoms with Crippen LogP contribution in [-0.4, -0.2) is 46.0 Å². The molecule has 3 N–H and O–H groups in total. The average Bonchev–Trinajstić information content (AvgIpc) is 3.03. The van der Waals surface area contributed by atoms with Gasteiger partial charge in [0.25, 0.3) is 0 Å². The third-order valence-corrected chi connectivity index (χ3v) is 6.64. The van der Waals surface area contributed by atoms with E-state index in [0.717, 1.165) is 29.5 Å². The Balaban J connectivity index is 1.59. The first kappa shape index (κ1) is 24.5. The van der Waals surface area contributed by atoms with Gasteiger partial charge in [-0.15, -0.1) is 11.6 Å². The highest BCUT2D eigenvalue weighted by Gasteiger charge is 2.39. The molecule has 32 heavy (non-hydrogen) atoms. The molecule has 1 fully saturated rings. The SMILES string of the molecule is COCc1cccc(C[C@H](O)C=C[C@@H]2[C@@H](CCc3ccc(C(=O)O)cc3)[C@H](Cl)C[C@H]2O)c1. The number of aliphatic hydroxyl groups excluding tert-OH is 2. The molecule has 0 amide bonds. The lowest BCUT2D eigenvalue weighted by atomic mass is 9.88. The highest BCUT2D eigenvalue weighted by molar-refractivity contribution is 6.21. The fourth-order valence-electron chi connectivity index (χ4n) is 4.46. The molecule has 0 spiro atoms. The number of aliphatic hydroxyl groups is 2. The topological polar surface area (TPSA) is 87.0 Å². The first-order valence-corrected chi connectivity index (χ1v) is 11.4. The summed E-state index contributed by atoms with van der Waals surface area (Å²) in [6, 6.07) is 14.8. The highest BCUT2D eigenvalue weighted by atomic mass is 35.5. The number of hydrogen-bond donors (Lipinski definition) is 3. The van der Waals surface area contributed by atoms with Crippen LogP contribution in [0.3, 0.4) is 0 Å². The van der Waals surface area contributed by atoms with Crippen LogP contribution in [0.1, 0.15) is 39.9 Å². The predicted octanol–water partition coefficient (Wildman–Crippen LogP) is 4.23. The van der Waals surface area contributed by atoms with Crippen LogP contribution in [0, 0.1) is 11.8 Å². The van der Waals surface area contributed by atoms with Gasteiger partial charge in [-0.2, -0.15) is 0 Å². The summed E-state index contributed by atoms with van der Waals surface area (Å²) in [7, 11) is 1.66. The molecule has 2 aromatic carbocycles. The van der Waals surface area contributed by atoms with Crippen LogP contribution in [0.15, 0.2) is 60.7 Å². The molecule has 1 aliphatic carbocycles. The van der Waals surface area contributed by atoms with E-state index in [1.807, 2.05) is 42.5 Å². The van der Waals surface area contributed by atoms with E-state index < -0.39 is 18.2 Å². The van der Waals surface area contributed by atoms with Crippen molar-refractivity contribution in [3.05, 3.63) is 82.9 Å². The van der Waals surface area contributed by atoms with Gasteiger partial charge < -0.3 is 20.1 Å². The number of hydrogen-bond acceptors (Lipinski definition) is 4. The van der Waals surface area contributed by atoms with Gasteiger partial charge in [-0.25, -0.2) is 4.79 Å². The monoisotopic (exact) mass is 458 g/mol. The van der Waals surface area contributed by atoms with Crippen LogP contribution in [0.5, 0.6) is 0 Å². The summed E-state index contributed by atoms with van der Waals surface area (Å²) in [5.41, 5.74) is 3.40. The molecule has 0 aromatic heterocycles. The van der Waals surface area contributed by atoms with E-state index in [9.17, 15) is 15.0 Å². The van der Waals surface area contributed by atoms with Gasteiger partial charge in [0.2, 0.25) is 0 Å². The van der Waals surface area contributed by atoms with Gasteiger partial charge in [0.1, 0.15) is 0 Å². The lowest BCUT2D eigenvalue weighted by molar-refractivity contribution is 0.0696. The zero-order chi connectivity index (χ0) is 23.1. The summed E-state index contributed by atoms with van der Waals surface area (Å²) in [6.07, 6.45) is 5.02. The first-order chi connectivity index (χ1) is 15.4. The number of carbonyl (C=O) groups is 1. The van der Waals surface area contributed by atoms with Gasteiger partial charge in [-0.1, -0.05) is 48.6 Å². The van der Waals surface area contributed by atoms with Crippen molar-refractivity contribution in [2.45, 2.75) is 49.9 Å². The van der Waals surface area contributed by atoms with E-state index in [4.69, 9.17) is 21.4 Å². The number of aromatic carboxylic acids is 1. The Morgan fingerprint density at radius 3 is 2.59 bits per heavy atom. The summed E-state index contributed by atoms with van der Waals surface area (Å²) in [6.45, 7) is 0.534. The molecule has 1 saturated carbocycles. The summed E-state index contributed by atoms with van der Waals surface area (Å²) in [5, 5.41) is 29.9. The van der Waals surface area contributed by atoms with E-state index in [0.29, 0.717) is 19.4 Å². The Bertz CT molecular complexity index is 911. The molecule has 0 bridgehead atoms. The second kappa shape index (κ2) is 11.6. The highest BCUT2D eigenvalue weighted by Crippen LogP contribution is 2.40. The Kier molecular flexibility index (Phi) is 8.88. The first-order valence-electron chi connectivity index (χ1n) is 10.9. The van der Waals surface area contributed by atoms with Crippen LogP contribution < -0.4 is 0 Å². The van der Waals surface area contributed by atoms with Crippen LogP contribution in [0.4, 0.5) is 0 Å². The summed E-state index contributed by atoms with van der Waals surface area (Å²) in [5.74, 6) is -0.977. The minimum atomic E-state index is -0.939. The molecule has 3 rings (SSSR count). The summed E-state index contributed by atoms with van der Waals surface area (Å²) >= 11 is 6.55. The van der Waals surface area contributed by atoms with Crippen molar-refractivity contribution < 1.29 is 24.9 Å². The molecule has 0 radical (unpaired) electrons. The number of carboxylic acid groups (broad SMARTS) is 1. The fraction of sp³-hybridized carbons (Fsp3) is 0.423. The zero-order valence-electron chi connectivity index (χ0n) is 18.2. The molecule has 2 aromatic rings. The van der Waals surface area contributed by atoms with E-state index in [1.165, 1.54) is 0 Å². The minimum absolute atomic E-state index is 0.0827. The molecule has 5 nitrogen and oxygen atoms in total. The molecular formula is C26H31ClO5. The number of ether oxygens (including phenoxy) is 1. The predicted molar refractivity (Wildman–Crippen MR) is 125 cm³/mol. The number of alkyl halides is 1. The Labute approximate surface area is 194 Å². The van der Waals surface area contributed by atoms with Crippen molar-refractivity contribution in [2.24, 2.45) is 11.8 Å². The van der Waals surface area contributed by atoms with Crippen molar-refractivity contribution in [1.29, 1.82) is 0 Å². The van der Waals surface area contributed by atoms with Crippen molar-refractivity contribution in [2.75, 3.05) is 7.11 Å². The quantitative estimate of drug-likeness (QED) is 0.366. The molecule has 172 valence electrons. The Morgan fingerprint density at radius 2 is 1.91 bits per heavy atom. The van der Waals surface area contributed by atoms with Gasteiger partial charge in [0.15, 0.2) is 0 Å². The molecule has 0 saturated heterocycles. The van der Waals surface area contributed by atoms with E-state index in [2.05, 4.69) is 0 Å².